The minimum atomic E-state index is -0.209. The summed E-state index contributed by atoms with van der Waals surface area (Å²) < 4.78 is 0.989. The van der Waals surface area contributed by atoms with Gasteiger partial charge in [-0.3, -0.25) is 10.1 Å². The lowest BCUT2D eigenvalue weighted by Gasteiger charge is -2.18. The van der Waals surface area contributed by atoms with Crippen LogP contribution in [0.5, 0.6) is 0 Å². The first kappa shape index (κ1) is 14.5. The Bertz CT molecular complexity index is 461. The van der Waals surface area contributed by atoms with Crippen molar-refractivity contribution in [1.82, 2.24) is 5.32 Å². The van der Waals surface area contributed by atoms with Gasteiger partial charge in [0.15, 0.2) is 0 Å². The number of fused-ring (bicyclic) bond motifs is 1. The van der Waals surface area contributed by atoms with Crippen LogP contribution in [-0.4, -0.2) is 11.9 Å². The average molecular weight is 325 g/mol. The first-order chi connectivity index (χ1) is 9.11. The number of nitrogens with one attached hydrogen (secondary N) is 2. The van der Waals surface area contributed by atoms with Crippen LogP contribution in [0.4, 0.5) is 5.69 Å². The lowest BCUT2D eigenvalue weighted by Crippen LogP contribution is -2.34. The van der Waals surface area contributed by atoms with E-state index in [1.807, 2.05) is 18.2 Å². The van der Waals surface area contributed by atoms with E-state index in [0.717, 1.165) is 22.1 Å². The summed E-state index contributed by atoms with van der Waals surface area (Å²) in [4.78, 5) is 12.0. The zero-order chi connectivity index (χ0) is 13.8. The minimum absolute atomic E-state index is 0.0513. The number of amides is 1. The third-order valence-electron chi connectivity index (χ3n) is 3.54. The van der Waals surface area contributed by atoms with Gasteiger partial charge in [0.1, 0.15) is 6.04 Å². The van der Waals surface area contributed by atoms with E-state index in [4.69, 9.17) is 0 Å². The fraction of sp³-hybridized carbons (Fsp3) is 0.533. The first-order valence-corrected chi connectivity index (χ1v) is 7.77. The Hall–Kier alpha value is -0.870. The highest BCUT2D eigenvalue weighted by molar-refractivity contribution is 9.10. The summed E-state index contributed by atoms with van der Waals surface area (Å²) in [5.41, 5.74) is 1.97. The SMILES string of the molecule is CCCCCC(C)NC1C(=O)Nc2cc(Br)ccc21. The molecule has 2 rings (SSSR count). The quantitative estimate of drug-likeness (QED) is 0.776. The molecule has 0 radical (unpaired) electrons. The van der Waals surface area contributed by atoms with Crippen LogP contribution in [0.1, 0.15) is 51.1 Å². The molecule has 4 heteroatoms. The molecular formula is C15H21BrN2O. The summed E-state index contributed by atoms with van der Waals surface area (Å²) in [5.74, 6) is 0.0513. The number of rotatable bonds is 6. The molecular weight excluding hydrogens is 304 g/mol. The number of benzene rings is 1. The fourth-order valence-electron chi connectivity index (χ4n) is 2.47. The Morgan fingerprint density at radius 2 is 2.21 bits per heavy atom. The molecule has 0 saturated heterocycles. The Labute approximate surface area is 123 Å². The van der Waals surface area contributed by atoms with Gasteiger partial charge in [0.25, 0.3) is 0 Å². The monoisotopic (exact) mass is 324 g/mol. The average Bonchev–Trinajstić information content (AvgIpc) is 2.65. The van der Waals surface area contributed by atoms with Crippen LogP contribution >= 0.6 is 15.9 Å². The molecule has 0 bridgehead atoms. The van der Waals surface area contributed by atoms with Gasteiger partial charge in [-0.25, -0.2) is 0 Å². The topological polar surface area (TPSA) is 41.1 Å². The van der Waals surface area contributed by atoms with Crippen molar-refractivity contribution in [3.63, 3.8) is 0 Å². The third kappa shape index (κ3) is 3.57. The number of hydrogen-bond donors (Lipinski definition) is 2. The van der Waals surface area contributed by atoms with E-state index in [1.165, 1.54) is 19.3 Å². The van der Waals surface area contributed by atoms with Gasteiger partial charge >= 0.3 is 0 Å². The number of halogens is 1. The minimum Gasteiger partial charge on any atom is -0.324 e. The normalized spacial score (nSPS) is 19.1. The summed E-state index contributed by atoms with van der Waals surface area (Å²) in [6.45, 7) is 4.36. The van der Waals surface area contributed by atoms with Gasteiger partial charge in [-0.15, -0.1) is 0 Å². The van der Waals surface area contributed by atoms with E-state index in [2.05, 4.69) is 40.4 Å². The highest BCUT2D eigenvalue weighted by Gasteiger charge is 2.31. The molecule has 2 atom stereocenters. The van der Waals surface area contributed by atoms with Gasteiger partial charge in [0.2, 0.25) is 5.91 Å². The molecule has 0 saturated carbocycles. The summed E-state index contributed by atoms with van der Waals surface area (Å²) >= 11 is 3.43. The van der Waals surface area contributed by atoms with Gasteiger partial charge in [0.05, 0.1) is 0 Å². The lowest BCUT2D eigenvalue weighted by atomic mass is 10.1. The summed E-state index contributed by atoms with van der Waals surface area (Å²) in [7, 11) is 0. The van der Waals surface area contributed by atoms with Gasteiger partial charge in [-0.1, -0.05) is 48.2 Å². The van der Waals surface area contributed by atoms with Crippen molar-refractivity contribution in [1.29, 1.82) is 0 Å². The maximum Gasteiger partial charge on any atom is 0.246 e. The van der Waals surface area contributed by atoms with Crippen molar-refractivity contribution >= 4 is 27.5 Å². The van der Waals surface area contributed by atoms with Crippen LogP contribution in [0.15, 0.2) is 22.7 Å². The van der Waals surface area contributed by atoms with Crippen LogP contribution in [0, 0.1) is 0 Å². The molecule has 0 aliphatic carbocycles. The molecule has 1 heterocycles. The molecule has 1 amide bonds. The van der Waals surface area contributed by atoms with E-state index >= 15 is 0 Å². The molecule has 2 unspecified atom stereocenters. The number of carbonyl (C=O) groups excluding carboxylic acids is 1. The Kier molecular flexibility index (Phi) is 4.99. The molecule has 2 N–H and O–H groups in total. The molecule has 19 heavy (non-hydrogen) atoms. The highest BCUT2D eigenvalue weighted by Crippen LogP contribution is 2.33. The number of unbranched alkanes of at least 4 members (excludes halogenated alkanes) is 2. The summed E-state index contributed by atoms with van der Waals surface area (Å²) in [6, 6.07) is 6.09. The van der Waals surface area contributed by atoms with Crippen LogP contribution < -0.4 is 10.6 Å². The number of carbonyl (C=O) groups is 1. The van der Waals surface area contributed by atoms with Crippen molar-refractivity contribution in [2.75, 3.05) is 5.32 Å². The molecule has 1 aliphatic rings. The summed E-state index contributed by atoms with van der Waals surface area (Å²) in [5, 5.41) is 6.37. The van der Waals surface area contributed by atoms with Gasteiger partial charge < -0.3 is 5.32 Å². The molecule has 0 aromatic heterocycles. The number of anilines is 1. The van der Waals surface area contributed by atoms with E-state index in [9.17, 15) is 4.79 Å². The molecule has 3 nitrogen and oxygen atoms in total. The summed E-state index contributed by atoms with van der Waals surface area (Å²) in [6.07, 6.45) is 4.82. The molecule has 0 spiro atoms. The Morgan fingerprint density at radius 3 is 2.95 bits per heavy atom. The predicted octanol–water partition coefficient (Wildman–Crippen LogP) is 4.00. The van der Waals surface area contributed by atoms with E-state index in [-0.39, 0.29) is 11.9 Å². The molecule has 0 fully saturated rings. The van der Waals surface area contributed by atoms with Crippen LogP contribution in [0.3, 0.4) is 0 Å². The maximum atomic E-state index is 12.0. The van der Waals surface area contributed by atoms with E-state index < -0.39 is 0 Å². The number of hydrogen-bond acceptors (Lipinski definition) is 2. The third-order valence-corrected chi connectivity index (χ3v) is 4.03. The van der Waals surface area contributed by atoms with Crippen LogP contribution in [0.2, 0.25) is 0 Å². The second kappa shape index (κ2) is 6.53. The van der Waals surface area contributed by atoms with Gasteiger partial charge in [-0.2, -0.15) is 0 Å². The van der Waals surface area contributed by atoms with Crippen molar-refractivity contribution in [2.24, 2.45) is 0 Å². The largest absolute Gasteiger partial charge is 0.324 e. The Morgan fingerprint density at radius 1 is 1.42 bits per heavy atom. The smallest absolute Gasteiger partial charge is 0.246 e. The fourth-order valence-corrected chi connectivity index (χ4v) is 2.83. The zero-order valence-corrected chi connectivity index (χ0v) is 13.1. The zero-order valence-electron chi connectivity index (χ0n) is 11.5. The second-order valence-corrected chi connectivity index (χ2v) is 6.13. The molecule has 1 aliphatic heterocycles. The van der Waals surface area contributed by atoms with E-state index in [0.29, 0.717) is 6.04 Å². The van der Waals surface area contributed by atoms with Crippen molar-refractivity contribution in [3.05, 3.63) is 28.2 Å². The maximum absolute atomic E-state index is 12.0. The van der Waals surface area contributed by atoms with Crippen molar-refractivity contribution in [2.45, 2.75) is 51.6 Å². The molecule has 1 aromatic carbocycles. The van der Waals surface area contributed by atoms with Gasteiger partial charge in [-0.05, 0) is 25.5 Å². The second-order valence-electron chi connectivity index (χ2n) is 5.22. The molecule has 1 aromatic rings. The van der Waals surface area contributed by atoms with Crippen LogP contribution in [0.25, 0.3) is 0 Å². The lowest BCUT2D eigenvalue weighted by molar-refractivity contribution is -0.117. The van der Waals surface area contributed by atoms with Crippen molar-refractivity contribution in [3.8, 4) is 0 Å². The Balaban J connectivity index is 2.00. The standard InChI is InChI=1S/C15H21BrN2O/c1-3-4-5-6-10(2)17-14-12-8-7-11(16)9-13(12)18-15(14)19/h7-10,14,17H,3-6H2,1-2H3,(H,18,19). The molecule has 104 valence electrons. The highest BCUT2D eigenvalue weighted by atomic mass is 79.9. The first-order valence-electron chi connectivity index (χ1n) is 6.98. The van der Waals surface area contributed by atoms with Crippen molar-refractivity contribution < 1.29 is 4.79 Å². The van der Waals surface area contributed by atoms with Crippen LogP contribution in [-0.2, 0) is 4.79 Å². The van der Waals surface area contributed by atoms with E-state index in [1.54, 1.807) is 0 Å². The predicted molar refractivity (Wildman–Crippen MR) is 82.3 cm³/mol. The van der Waals surface area contributed by atoms with Gasteiger partial charge in [0, 0.05) is 21.8 Å².